The minimum atomic E-state index is 0.695. The maximum atomic E-state index is 5.77. The first-order valence-corrected chi connectivity index (χ1v) is 9.90. The number of hydrogen-bond acceptors (Lipinski definition) is 8. The van der Waals surface area contributed by atoms with Gasteiger partial charge in [-0.3, -0.25) is 9.80 Å². The molecule has 8 heteroatoms. The Bertz CT molecular complexity index is 255. The molecule has 0 aliphatic heterocycles. The van der Waals surface area contributed by atoms with Crippen molar-refractivity contribution in [1.82, 2.24) is 31.1 Å². The fraction of sp³-hybridized carbons (Fsp3) is 1.00. The van der Waals surface area contributed by atoms with Crippen LogP contribution in [0.5, 0.6) is 0 Å². The molecule has 0 atom stereocenters. The summed E-state index contributed by atoms with van der Waals surface area (Å²) in [4.78, 5) is 4.98. The molecule has 0 aromatic rings. The molecule has 0 aromatic carbocycles. The van der Waals surface area contributed by atoms with E-state index in [2.05, 4.69) is 38.0 Å². The molecule has 0 bridgehead atoms. The summed E-state index contributed by atoms with van der Waals surface area (Å²) in [6.07, 6.45) is 0. The highest BCUT2D eigenvalue weighted by molar-refractivity contribution is 4.67. The van der Waals surface area contributed by atoms with Crippen LogP contribution in [0.1, 0.15) is 6.92 Å². The summed E-state index contributed by atoms with van der Waals surface area (Å²) in [5, 5.41) is 13.4. The van der Waals surface area contributed by atoms with Crippen LogP contribution < -0.4 is 32.7 Å². The lowest BCUT2D eigenvalue weighted by Gasteiger charge is -2.28. The largest absolute Gasteiger partial charge is 0.329 e. The van der Waals surface area contributed by atoms with E-state index in [1.54, 1.807) is 0 Å². The maximum Gasteiger partial charge on any atom is 0.0110 e. The van der Waals surface area contributed by atoms with Gasteiger partial charge in [-0.05, 0) is 13.6 Å². The molecule has 8 nitrogen and oxygen atoms in total. The Morgan fingerprint density at radius 1 is 0.600 bits per heavy atom. The first-order valence-electron chi connectivity index (χ1n) is 9.90. The first-order chi connectivity index (χ1) is 12.3. The van der Waals surface area contributed by atoms with Gasteiger partial charge < -0.3 is 32.7 Å². The van der Waals surface area contributed by atoms with Gasteiger partial charge in [-0.2, -0.15) is 0 Å². The van der Waals surface area contributed by atoms with Gasteiger partial charge in [0.15, 0.2) is 0 Å². The van der Waals surface area contributed by atoms with Crippen LogP contribution in [0.3, 0.4) is 0 Å². The summed E-state index contributed by atoms with van der Waals surface area (Å²) in [7, 11) is 1.98. The zero-order valence-corrected chi connectivity index (χ0v) is 16.7. The van der Waals surface area contributed by atoms with Crippen LogP contribution in [0.15, 0.2) is 0 Å². The van der Waals surface area contributed by atoms with Crippen LogP contribution in [-0.4, -0.2) is 115 Å². The summed E-state index contributed by atoms with van der Waals surface area (Å²) < 4.78 is 0. The molecule has 8 N–H and O–H groups in total. The second-order valence-corrected chi connectivity index (χ2v) is 6.22. The van der Waals surface area contributed by atoms with Gasteiger partial charge in [0.2, 0.25) is 0 Å². The number of nitrogens with one attached hydrogen (secondary N) is 4. The van der Waals surface area contributed by atoms with Crippen LogP contribution in [0.4, 0.5) is 0 Å². The fourth-order valence-electron chi connectivity index (χ4n) is 2.59. The quantitative estimate of drug-likeness (QED) is 0.133. The zero-order valence-electron chi connectivity index (χ0n) is 16.7. The summed E-state index contributed by atoms with van der Waals surface area (Å²) in [6.45, 7) is 16.8. The SMILES string of the molecule is CCNCCN(CCN)CCN(CCNCCN)CCNCCNC. The molecular formula is C17H44N8. The van der Waals surface area contributed by atoms with Gasteiger partial charge in [0.1, 0.15) is 0 Å². The topological polar surface area (TPSA) is 107 Å². The van der Waals surface area contributed by atoms with E-state index in [1.165, 1.54) is 0 Å². The highest BCUT2D eigenvalue weighted by atomic mass is 15.2. The fourth-order valence-corrected chi connectivity index (χ4v) is 2.59. The maximum absolute atomic E-state index is 5.77. The van der Waals surface area contributed by atoms with E-state index in [0.29, 0.717) is 6.54 Å². The third-order valence-corrected chi connectivity index (χ3v) is 4.12. The predicted octanol–water partition coefficient (Wildman–Crippen LogP) is -2.48. The number of rotatable bonds is 20. The minimum absolute atomic E-state index is 0.695. The average molecular weight is 361 g/mol. The van der Waals surface area contributed by atoms with Gasteiger partial charge >= 0.3 is 0 Å². The molecule has 152 valence electrons. The Kier molecular flexibility index (Phi) is 19.7. The Morgan fingerprint density at radius 3 is 1.68 bits per heavy atom. The summed E-state index contributed by atoms with van der Waals surface area (Å²) in [6, 6.07) is 0. The molecule has 0 fully saturated rings. The number of nitrogens with two attached hydrogens (primary N) is 2. The van der Waals surface area contributed by atoms with E-state index >= 15 is 0 Å². The molecule has 0 saturated heterocycles. The highest BCUT2D eigenvalue weighted by Gasteiger charge is 2.08. The number of hydrogen-bond donors (Lipinski definition) is 6. The van der Waals surface area contributed by atoms with Crippen molar-refractivity contribution in [2.75, 3.05) is 105 Å². The normalized spacial score (nSPS) is 11.8. The lowest BCUT2D eigenvalue weighted by atomic mass is 10.3. The molecule has 0 rings (SSSR count). The molecule has 0 aromatic heterocycles. The smallest absolute Gasteiger partial charge is 0.0110 e. The second kappa shape index (κ2) is 20.0. The predicted molar refractivity (Wildman–Crippen MR) is 109 cm³/mol. The molecule has 0 amide bonds. The lowest BCUT2D eigenvalue weighted by Crippen LogP contribution is -2.44. The van der Waals surface area contributed by atoms with Gasteiger partial charge in [0, 0.05) is 91.6 Å². The lowest BCUT2D eigenvalue weighted by molar-refractivity contribution is 0.207. The zero-order chi connectivity index (χ0) is 18.6. The van der Waals surface area contributed by atoms with Gasteiger partial charge in [-0.25, -0.2) is 0 Å². The van der Waals surface area contributed by atoms with Crippen molar-refractivity contribution in [3.05, 3.63) is 0 Å². The summed E-state index contributed by atoms with van der Waals surface area (Å²) in [5.41, 5.74) is 11.3. The monoisotopic (exact) mass is 360 g/mol. The van der Waals surface area contributed by atoms with Gasteiger partial charge in [-0.1, -0.05) is 6.92 Å². The van der Waals surface area contributed by atoms with E-state index in [4.69, 9.17) is 11.5 Å². The Hall–Kier alpha value is -0.320. The molecular weight excluding hydrogens is 316 g/mol. The van der Waals surface area contributed by atoms with Gasteiger partial charge in [-0.15, -0.1) is 0 Å². The van der Waals surface area contributed by atoms with Crippen molar-refractivity contribution in [2.24, 2.45) is 11.5 Å². The van der Waals surface area contributed by atoms with Crippen molar-refractivity contribution in [3.63, 3.8) is 0 Å². The van der Waals surface area contributed by atoms with E-state index in [1.807, 2.05) is 7.05 Å². The van der Waals surface area contributed by atoms with Crippen molar-refractivity contribution in [3.8, 4) is 0 Å². The molecule has 0 radical (unpaired) electrons. The Labute approximate surface area is 155 Å². The highest BCUT2D eigenvalue weighted by Crippen LogP contribution is 1.92. The molecule has 25 heavy (non-hydrogen) atoms. The van der Waals surface area contributed by atoms with Gasteiger partial charge in [0.05, 0.1) is 0 Å². The summed E-state index contributed by atoms with van der Waals surface area (Å²) >= 11 is 0. The molecule has 0 aliphatic rings. The third-order valence-electron chi connectivity index (χ3n) is 4.12. The Morgan fingerprint density at radius 2 is 1.16 bits per heavy atom. The van der Waals surface area contributed by atoms with Crippen molar-refractivity contribution in [2.45, 2.75) is 6.92 Å². The van der Waals surface area contributed by atoms with Gasteiger partial charge in [0.25, 0.3) is 0 Å². The van der Waals surface area contributed by atoms with Crippen LogP contribution in [0, 0.1) is 0 Å². The number of nitrogens with zero attached hydrogens (tertiary/aromatic N) is 2. The molecule has 0 saturated carbocycles. The molecule has 0 unspecified atom stereocenters. The third kappa shape index (κ3) is 16.9. The van der Waals surface area contributed by atoms with E-state index in [9.17, 15) is 0 Å². The van der Waals surface area contributed by atoms with Crippen LogP contribution in [0.25, 0.3) is 0 Å². The van der Waals surface area contributed by atoms with E-state index < -0.39 is 0 Å². The molecule has 0 heterocycles. The second-order valence-electron chi connectivity index (χ2n) is 6.22. The minimum Gasteiger partial charge on any atom is -0.329 e. The first kappa shape index (κ1) is 24.7. The van der Waals surface area contributed by atoms with Crippen LogP contribution >= 0.6 is 0 Å². The molecule has 0 spiro atoms. The van der Waals surface area contributed by atoms with Crippen LogP contribution in [0.2, 0.25) is 0 Å². The van der Waals surface area contributed by atoms with E-state index in [-0.39, 0.29) is 0 Å². The average Bonchev–Trinajstić information content (AvgIpc) is 2.62. The molecule has 0 aliphatic carbocycles. The van der Waals surface area contributed by atoms with Crippen molar-refractivity contribution in [1.29, 1.82) is 0 Å². The van der Waals surface area contributed by atoms with Crippen molar-refractivity contribution < 1.29 is 0 Å². The summed E-state index contributed by atoms with van der Waals surface area (Å²) in [5.74, 6) is 0. The Balaban J connectivity index is 4.15. The van der Waals surface area contributed by atoms with Crippen molar-refractivity contribution >= 4 is 0 Å². The standard InChI is InChI=1S/C17H44N8/c1-3-21-9-13-24(12-5-19)16-17-25(14-10-22-6-4-18)15-11-23-8-7-20-2/h20-23H,3-19H2,1-2H3. The number of likely N-dealkylation sites (N-methyl/N-ethyl adjacent to an activating group) is 2. The van der Waals surface area contributed by atoms with E-state index in [0.717, 1.165) is 91.6 Å². The van der Waals surface area contributed by atoms with Crippen LogP contribution in [-0.2, 0) is 0 Å².